The maximum Gasteiger partial charge on any atom is 0.160 e. The van der Waals surface area contributed by atoms with Gasteiger partial charge in [0.1, 0.15) is 6.10 Å². The fourth-order valence-corrected chi connectivity index (χ4v) is 2.00. The van der Waals surface area contributed by atoms with Crippen molar-refractivity contribution in [1.29, 1.82) is 0 Å². The minimum Gasteiger partial charge on any atom is -0.386 e. The molecule has 0 aliphatic carbocycles. The molecule has 1 unspecified atom stereocenters. The molecule has 2 aromatic rings. The molecule has 0 saturated carbocycles. The highest BCUT2D eigenvalue weighted by Crippen LogP contribution is 2.19. The Labute approximate surface area is 100 Å². The van der Waals surface area contributed by atoms with Gasteiger partial charge in [0.25, 0.3) is 0 Å². The number of ketones is 1. The zero-order valence-electron chi connectivity index (χ0n) is 9.94. The number of aliphatic hydroxyl groups excluding tert-OH is 1. The van der Waals surface area contributed by atoms with Crippen molar-refractivity contribution in [3.05, 3.63) is 36.0 Å². The molecule has 0 radical (unpaired) electrons. The molecule has 1 atom stereocenters. The summed E-state index contributed by atoms with van der Waals surface area (Å²) in [4.78, 5) is 14.5. The molecule has 3 heteroatoms. The Bertz CT molecular complexity index is 514. The minimum absolute atomic E-state index is 0.0789. The standard InChI is InChI=1S/C14H17NO2/c1-10(16)14(17)8-4-5-11-9-15-13-7-3-2-6-12(11)13/h2-3,6-7,9-10,15-16H,4-5,8H2,1H3. The predicted molar refractivity (Wildman–Crippen MR) is 67.9 cm³/mol. The van der Waals surface area contributed by atoms with Crippen LogP contribution in [0.5, 0.6) is 0 Å². The number of aliphatic hydroxyl groups is 1. The topological polar surface area (TPSA) is 53.1 Å². The molecule has 90 valence electrons. The quantitative estimate of drug-likeness (QED) is 0.830. The molecule has 1 heterocycles. The summed E-state index contributed by atoms with van der Waals surface area (Å²) in [7, 11) is 0. The van der Waals surface area contributed by atoms with E-state index < -0.39 is 6.10 Å². The van der Waals surface area contributed by atoms with E-state index in [4.69, 9.17) is 5.11 Å². The Hall–Kier alpha value is -1.61. The molecule has 2 N–H and O–H groups in total. The van der Waals surface area contributed by atoms with Crippen LogP contribution in [0.25, 0.3) is 10.9 Å². The summed E-state index contributed by atoms with van der Waals surface area (Å²) >= 11 is 0. The molecule has 1 aromatic carbocycles. The number of Topliss-reactive ketones (excluding diaryl/α,β-unsaturated/α-hetero) is 1. The lowest BCUT2D eigenvalue weighted by atomic mass is 10.0. The normalized spacial score (nSPS) is 12.8. The summed E-state index contributed by atoms with van der Waals surface area (Å²) in [6, 6.07) is 8.14. The molecule has 0 saturated heterocycles. The number of hydrogen-bond acceptors (Lipinski definition) is 2. The third-order valence-electron chi connectivity index (χ3n) is 3.01. The van der Waals surface area contributed by atoms with Crippen LogP contribution < -0.4 is 0 Å². The first kappa shape index (κ1) is 11.9. The molecule has 17 heavy (non-hydrogen) atoms. The second kappa shape index (κ2) is 5.15. The molecule has 0 aliphatic rings. The molecule has 0 fully saturated rings. The van der Waals surface area contributed by atoms with E-state index in [0.717, 1.165) is 18.4 Å². The van der Waals surface area contributed by atoms with Crippen LogP contribution >= 0.6 is 0 Å². The lowest BCUT2D eigenvalue weighted by Gasteiger charge is -2.02. The number of carbonyl (C=O) groups is 1. The highest BCUT2D eigenvalue weighted by molar-refractivity contribution is 5.84. The van der Waals surface area contributed by atoms with E-state index in [1.807, 2.05) is 24.4 Å². The fraction of sp³-hybridized carbons (Fsp3) is 0.357. The summed E-state index contributed by atoms with van der Waals surface area (Å²) < 4.78 is 0. The number of aromatic amines is 1. The Morgan fingerprint density at radius 2 is 2.18 bits per heavy atom. The molecule has 0 aliphatic heterocycles. The molecule has 3 nitrogen and oxygen atoms in total. The number of aromatic nitrogens is 1. The van der Waals surface area contributed by atoms with Gasteiger partial charge in [-0.3, -0.25) is 4.79 Å². The maximum atomic E-state index is 11.3. The SMILES string of the molecule is CC(O)C(=O)CCCc1c[nH]c2ccccc12. The van der Waals surface area contributed by atoms with Gasteiger partial charge in [-0.25, -0.2) is 0 Å². The number of H-pyrrole nitrogens is 1. The zero-order chi connectivity index (χ0) is 12.3. The predicted octanol–water partition coefficient (Wildman–Crippen LogP) is 2.44. The van der Waals surface area contributed by atoms with Gasteiger partial charge in [-0.05, 0) is 31.4 Å². The number of hydrogen-bond donors (Lipinski definition) is 2. The van der Waals surface area contributed by atoms with Crippen molar-refractivity contribution in [3.63, 3.8) is 0 Å². The number of benzene rings is 1. The lowest BCUT2D eigenvalue weighted by molar-refractivity contribution is -0.126. The Balaban J connectivity index is 1.98. The van der Waals surface area contributed by atoms with Crippen molar-refractivity contribution < 1.29 is 9.90 Å². The first-order valence-electron chi connectivity index (χ1n) is 5.94. The van der Waals surface area contributed by atoms with Gasteiger partial charge in [0, 0.05) is 23.5 Å². The molecular weight excluding hydrogens is 214 g/mol. The summed E-state index contributed by atoms with van der Waals surface area (Å²) in [5, 5.41) is 10.3. The van der Waals surface area contributed by atoms with E-state index in [9.17, 15) is 4.79 Å². The number of nitrogens with one attached hydrogen (secondary N) is 1. The highest BCUT2D eigenvalue weighted by atomic mass is 16.3. The van der Waals surface area contributed by atoms with Crippen molar-refractivity contribution in [2.24, 2.45) is 0 Å². The van der Waals surface area contributed by atoms with E-state index in [2.05, 4.69) is 11.1 Å². The van der Waals surface area contributed by atoms with Gasteiger partial charge in [-0.2, -0.15) is 0 Å². The average molecular weight is 231 g/mol. The Kier molecular flexibility index (Phi) is 3.59. The molecular formula is C14H17NO2. The third kappa shape index (κ3) is 2.74. The number of fused-ring (bicyclic) bond motifs is 1. The number of rotatable bonds is 5. The van der Waals surface area contributed by atoms with Gasteiger partial charge < -0.3 is 10.1 Å². The van der Waals surface area contributed by atoms with Crippen molar-refractivity contribution in [2.75, 3.05) is 0 Å². The first-order valence-corrected chi connectivity index (χ1v) is 5.94. The first-order chi connectivity index (χ1) is 8.18. The van der Waals surface area contributed by atoms with E-state index in [-0.39, 0.29) is 5.78 Å². The summed E-state index contributed by atoms with van der Waals surface area (Å²) in [6.07, 6.45) is 3.25. The van der Waals surface area contributed by atoms with E-state index >= 15 is 0 Å². The van der Waals surface area contributed by atoms with E-state index in [1.54, 1.807) is 0 Å². The second-order valence-electron chi connectivity index (χ2n) is 4.36. The molecule has 0 bridgehead atoms. The number of para-hydroxylation sites is 1. The van der Waals surface area contributed by atoms with Gasteiger partial charge in [0.15, 0.2) is 5.78 Å². The van der Waals surface area contributed by atoms with Crippen LogP contribution in [0, 0.1) is 0 Å². The van der Waals surface area contributed by atoms with Crippen LogP contribution in [0.1, 0.15) is 25.3 Å². The van der Waals surface area contributed by atoms with Crippen molar-refractivity contribution in [1.82, 2.24) is 4.98 Å². The number of carbonyl (C=O) groups excluding carboxylic acids is 1. The highest BCUT2D eigenvalue weighted by Gasteiger charge is 2.09. The van der Waals surface area contributed by atoms with Gasteiger partial charge in [0.05, 0.1) is 0 Å². The molecule has 0 amide bonds. The van der Waals surface area contributed by atoms with Gasteiger partial charge >= 0.3 is 0 Å². The average Bonchev–Trinajstić information content (AvgIpc) is 2.72. The van der Waals surface area contributed by atoms with Crippen LogP contribution in [0.15, 0.2) is 30.5 Å². The van der Waals surface area contributed by atoms with E-state index in [0.29, 0.717) is 6.42 Å². The second-order valence-corrected chi connectivity index (χ2v) is 4.36. The molecule has 2 rings (SSSR count). The maximum absolute atomic E-state index is 11.3. The Morgan fingerprint density at radius 3 is 2.94 bits per heavy atom. The summed E-state index contributed by atoms with van der Waals surface area (Å²) in [5.74, 6) is -0.0789. The fourth-order valence-electron chi connectivity index (χ4n) is 2.00. The van der Waals surface area contributed by atoms with Gasteiger partial charge in [0.2, 0.25) is 0 Å². The van der Waals surface area contributed by atoms with Gasteiger partial charge in [-0.15, -0.1) is 0 Å². The lowest BCUT2D eigenvalue weighted by Crippen LogP contribution is -2.15. The zero-order valence-corrected chi connectivity index (χ0v) is 9.94. The van der Waals surface area contributed by atoms with E-state index in [1.165, 1.54) is 17.9 Å². The monoisotopic (exact) mass is 231 g/mol. The van der Waals surface area contributed by atoms with Crippen molar-refractivity contribution in [3.8, 4) is 0 Å². The summed E-state index contributed by atoms with van der Waals surface area (Å²) in [6.45, 7) is 1.52. The van der Waals surface area contributed by atoms with Crippen LogP contribution in [-0.4, -0.2) is 22.0 Å². The smallest absolute Gasteiger partial charge is 0.160 e. The van der Waals surface area contributed by atoms with Crippen LogP contribution in [0.4, 0.5) is 0 Å². The van der Waals surface area contributed by atoms with Crippen molar-refractivity contribution >= 4 is 16.7 Å². The van der Waals surface area contributed by atoms with Crippen LogP contribution in [-0.2, 0) is 11.2 Å². The summed E-state index contributed by atoms with van der Waals surface area (Å²) in [5.41, 5.74) is 2.36. The molecule has 0 spiro atoms. The molecule has 1 aromatic heterocycles. The number of aryl methyl sites for hydroxylation is 1. The largest absolute Gasteiger partial charge is 0.386 e. The van der Waals surface area contributed by atoms with Crippen LogP contribution in [0.3, 0.4) is 0 Å². The third-order valence-corrected chi connectivity index (χ3v) is 3.01. The Morgan fingerprint density at radius 1 is 1.41 bits per heavy atom. The van der Waals surface area contributed by atoms with Crippen LogP contribution in [0.2, 0.25) is 0 Å². The van der Waals surface area contributed by atoms with Gasteiger partial charge in [-0.1, -0.05) is 18.2 Å². The van der Waals surface area contributed by atoms with Crippen molar-refractivity contribution in [2.45, 2.75) is 32.3 Å². The minimum atomic E-state index is -0.835.